The van der Waals surface area contributed by atoms with Crippen LogP contribution in [0.5, 0.6) is 0 Å². The molecule has 27 heavy (non-hydrogen) atoms. The quantitative estimate of drug-likeness (QED) is 0.741. The largest absolute Gasteiger partial charge is 0.483 e. The van der Waals surface area contributed by atoms with E-state index in [0.29, 0.717) is 19.6 Å². The van der Waals surface area contributed by atoms with Gasteiger partial charge in [-0.05, 0) is 12.1 Å². The van der Waals surface area contributed by atoms with Crippen molar-refractivity contribution in [3.05, 3.63) is 35.4 Å². The maximum Gasteiger partial charge on any atom is 0.417 e. The Bertz CT molecular complexity index is 769. The van der Waals surface area contributed by atoms with Gasteiger partial charge in [0, 0.05) is 19.5 Å². The van der Waals surface area contributed by atoms with E-state index in [0.717, 1.165) is 6.07 Å². The third-order valence-corrected chi connectivity index (χ3v) is 5.12. The lowest BCUT2D eigenvalue weighted by Crippen LogP contribution is -2.48. The molecule has 1 spiro atoms. The van der Waals surface area contributed by atoms with Crippen LogP contribution in [-0.4, -0.2) is 64.7 Å². The van der Waals surface area contributed by atoms with E-state index in [4.69, 9.17) is 14.6 Å². The molecule has 2 amide bonds. The molecule has 1 aromatic rings. The molecule has 1 N–H and O–H groups in total. The number of alkyl halides is 3. The number of amides is 2. The maximum atomic E-state index is 13.2. The summed E-state index contributed by atoms with van der Waals surface area (Å²) in [6.07, 6.45) is -4.08. The minimum Gasteiger partial charge on any atom is -0.483 e. The van der Waals surface area contributed by atoms with Gasteiger partial charge < -0.3 is 19.6 Å². The molecule has 3 aliphatic rings. The Morgan fingerprint density at radius 2 is 1.96 bits per heavy atom. The third-order valence-electron chi connectivity index (χ3n) is 5.12. The van der Waals surface area contributed by atoms with Crippen LogP contribution >= 0.6 is 0 Å². The van der Waals surface area contributed by atoms with Crippen LogP contribution in [0.3, 0.4) is 0 Å². The lowest BCUT2D eigenvalue weighted by atomic mass is 10.0. The zero-order valence-electron chi connectivity index (χ0n) is 14.1. The summed E-state index contributed by atoms with van der Waals surface area (Å²) in [6.45, 7) is 0.888. The molecule has 7 nitrogen and oxygen atoms in total. The highest BCUT2D eigenvalue weighted by Gasteiger charge is 2.63. The van der Waals surface area contributed by atoms with Gasteiger partial charge in [-0.3, -0.25) is 14.4 Å². The Morgan fingerprint density at radius 1 is 1.30 bits per heavy atom. The number of hydrogen-bond acceptors (Lipinski definition) is 4. The number of hydrogen-bond donors (Lipinski definition) is 1. The summed E-state index contributed by atoms with van der Waals surface area (Å²) in [5.41, 5.74) is -2.18. The number of carboxylic acid groups (broad SMARTS) is 1. The van der Waals surface area contributed by atoms with E-state index in [2.05, 4.69) is 0 Å². The highest BCUT2D eigenvalue weighted by molar-refractivity contribution is 5.97. The van der Waals surface area contributed by atoms with Gasteiger partial charge in [0.05, 0.1) is 30.2 Å². The van der Waals surface area contributed by atoms with E-state index in [1.807, 2.05) is 0 Å². The molecule has 1 aromatic carbocycles. The number of nitrogens with zero attached hydrogens (tertiary/aromatic N) is 2. The number of likely N-dealkylation sites (tertiary alicyclic amines) is 1. The highest BCUT2D eigenvalue weighted by atomic mass is 19.4. The van der Waals surface area contributed by atoms with Crippen molar-refractivity contribution in [1.82, 2.24) is 9.80 Å². The van der Waals surface area contributed by atoms with Crippen LogP contribution in [0.15, 0.2) is 24.3 Å². The van der Waals surface area contributed by atoms with E-state index < -0.39 is 29.4 Å². The predicted octanol–water partition coefficient (Wildman–Crippen LogP) is 1.58. The Balaban J connectivity index is 0.000000659. The number of ether oxygens (including phenoxy) is 1. The van der Waals surface area contributed by atoms with Crippen molar-refractivity contribution in [3.8, 4) is 0 Å². The molecule has 3 fully saturated rings. The maximum absolute atomic E-state index is 13.2. The highest BCUT2D eigenvalue weighted by Crippen LogP contribution is 2.46. The first kappa shape index (κ1) is 19.2. The van der Waals surface area contributed by atoms with Crippen molar-refractivity contribution in [1.29, 1.82) is 0 Å². The molecule has 0 radical (unpaired) electrons. The predicted molar refractivity (Wildman–Crippen MR) is 84.6 cm³/mol. The summed E-state index contributed by atoms with van der Waals surface area (Å²) in [7, 11) is 0. The topological polar surface area (TPSA) is 87.2 Å². The minimum atomic E-state index is -4.61. The standard InChI is InChI=1S/C16H15F3N2O3.CH2O2/c17-16(18,19)11-4-2-1-3-10(11)14(23)20-6-5-15-12(20)9-13(22)21(15)7-8-24-15;2-1-3/h1-4,12H,5-9H2;1H,(H,2,3)/t12-,15+;/m1./s1. The van der Waals surface area contributed by atoms with Crippen LogP contribution in [-0.2, 0) is 20.5 Å². The van der Waals surface area contributed by atoms with Crippen LogP contribution in [0.4, 0.5) is 13.2 Å². The Hall–Kier alpha value is -2.62. The van der Waals surface area contributed by atoms with Crippen molar-refractivity contribution in [3.63, 3.8) is 0 Å². The number of benzene rings is 1. The van der Waals surface area contributed by atoms with Crippen molar-refractivity contribution < 1.29 is 37.4 Å². The lowest BCUT2D eigenvalue weighted by Gasteiger charge is -2.31. The van der Waals surface area contributed by atoms with Gasteiger partial charge in [-0.25, -0.2) is 0 Å². The van der Waals surface area contributed by atoms with Crippen molar-refractivity contribution in [2.45, 2.75) is 30.8 Å². The molecule has 10 heteroatoms. The molecule has 0 aliphatic carbocycles. The van der Waals surface area contributed by atoms with E-state index in [1.54, 1.807) is 4.90 Å². The second-order valence-corrected chi connectivity index (χ2v) is 6.36. The molecule has 0 bridgehead atoms. The van der Waals surface area contributed by atoms with Gasteiger partial charge in [-0.2, -0.15) is 13.2 Å². The minimum absolute atomic E-state index is 0.0971. The molecule has 4 rings (SSSR count). The SMILES string of the molecule is O=C(c1ccccc1C(F)(F)F)N1CC[C@@]23OCCN2C(=O)C[C@@H]13.O=CO. The van der Waals surface area contributed by atoms with Gasteiger partial charge >= 0.3 is 6.18 Å². The van der Waals surface area contributed by atoms with E-state index in [-0.39, 0.29) is 30.9 Å². The van der Waals surface area contributed by atoms with Gasteiger partial charge in [-0.15, -0.1) is 0 Å². The molecular formula is C17H17F3N2O5. The van der Waals surface area contributed by atoms with Crippen LogP contribution in [0, 0.1) is 0 Å². The summed E-state index contributed by atoms with van der Waals surface area (Å²) in [6, 6.07) is 4.22. The van der Waals surface area contributed by atoms with Gasteiger partial charge in [-0.1, -0.05) is 12.1 Å². The normalized spacial score (nSPS) is 26.3. The fourth-order valence-corrected chi connectivity index (χ4v) is 4.11. The van der Waals surface area contributed by atoms with Gasteiger partial charge in [0.15, 0.2) is 5.72 Å². The van der Waals surface area contributed by atoms with Crippen LogP contribution in [0.25, 0.3) is 0 Å². The third kappa shape index (κ3) is 3.03. The second-order valence-electron chi connectivity index (χ2n) is 6.36. The van der Waals surface area contributed by atoms with E-state index >= 15 is 0 Å². The average Bonchev–Trinajstić information content (AvgIpc) is 3.25. The molecule has 3 saturated heterocycles. The van der Waals surface area contributed by atoms with Crippen LogP contribution in [0.2, 0.25) is 0 Å². The van der Waals surface area contributed by atoms with Crippen LogP contribution in [0.1, 0.15) is 28.8 Å². The monoisotopic (exact) mass is 386 g/mol. The van der Waals surface area contributed by atoms with Gasteiger partial charge in [0.25, 0.3) is 12.4 Å². The molecular weight excluding hydrogens is 369 g/mol. The lowest BCUT2D eigenvalue weighted by molar-refractivity contribution is -0.138. The van der Waals surface area contributed by atoms with E-state index in [1.165, 1.54) is 23.1 Å². The van der Waals surface area contributed by atoms with Crippen molar-refractivity contribution in [2.75, 3.05) is 19.7 Å². The van der Waals surface area contributed by atoms with Crippen molar-refractivity contribution in [2.24, 2.45) is 0 Å². The number of carbonyl (C=O) groups excluding carboxylic acids is 2. The fourth-order valence-electron chi connectivity index (χ4n) is 4.11. The molecule has 146 valence electrons. The van der Waals surface area contributed by atoms with Gasteiger partial charge in [0.1, 0.15) is 0 Å². The molecule has 0 unspecified atom stereocenters. The summed E-state index contributed by atoms with van der Waals surface area (Å²) in [5, 5.41) is 6.89. The summed E-state index contributed by atoms with van der Waals surface area (Å²) < 4.78 is 45.3. The number of carbonyl (C=O) groups is 3. The van der Waals surface area contributed by atoms with Crippen LogP contribution < -0.4 is 0 Å². The molecule has 2 atom stereocenters. The average molecular weight is 386 g/mol. The first-order valence-electron chi connectivity index (χ1n) is 8.25. The zero-order valence-corrected chi connectivity index (χ0v) is 14.1. The Labute approximate surface area is 152 Å². The summed E-state index contributed by atoms with van der Waals surface area (Å²) >= 11 is 0. The van der Waals surface area contributed by atoms with E-state index in [9.17, 15) is 22.8 Å². The number of halogens is 3. The smallest absolute Gasteiger partial charge is 0.417 e. The van der Waals surface area contributed by atoms with Crippen molar-refractivity contribution >= 4 is 18.3 Å². The summed E-state index contributed by atoms with van der Waals surface area (Å²) in [4.78, 5) is 36.3. The first-order chi connectivity index (χ1) is 12.8. The molecule has 0 aromatic heterocycles. The molecule has 3 heterocycles. The fraction of sp³-hybridized carbons (Fsp3) is 0.471. The Kier molecular flexibility index (Phi) is 4.85. The number of rotatable bonds is 1. The molecule has 3 aliphatic heterocycles. The summed E-state index contributed by atoms with van der Waals surface area (Å²) in [5.74, 6) is -0.811. The Morgan fingerprint density at radius 3 is 2.63 bits per heavy atom. The first-order valence-corrected chi connectivity index (χ1v) is 8.25. The zero-order chi connectivity index (χ0) is 19.8. The van der Waals surface area contributed by atoms with Gasteiger partial charge in [0.2, 0.25) is 5.91 Å². The second kappa shape index (κ2) is 6.84. The molecule has 0 saturated carbocycles.